The Labute approximate surface area is 164 Å². The van der Waals surface area contributed by atoms with E-state index in [1.54, 1.807) is 0 Å². The fourth-order valence-electron chi connectivity index (χ4n) is 3.18. The minimum atomic E-state index is -0.565. The zero-order valence-corrected chi connectivity index (χ0v) is 16.5. The minimum absolute atomic E-state index is 0.114. The van der Waals surface area contributed by atoms with Gasteiger partial charge in [0.1, 0.15) is 18.2 Å². The van der Waals surface area contributed by atoms with Crippen molar-refractivity contribution in [2.45, 2.75) is 45.7 Å². The number of hydrogen-bond acceptors (Lipinski definition) is 4. The molecular weight excluding hydrogens is 364 g/mol. The lowest BCUT2D eigenvalue weighted by molar-refractivity contribution is 0.376. The van der Waals surface area contributed by atoms with Gasteiger partial charge < -0.3 is 20.1 Å². The lowest BCUT2D eigenvalue weighted by atomic mass is 10.1. The molecule has 0 radical (unpaired) electrons. The van der Waals surface area contributed by atoms with Gasteiger partial charge in [-0.1, -0.05) is 19.0 Å². The summed E-state index contributed by atoms with van der Waals surface area (Å²) < 4.78 is 32.5. The second-order valence-corrected chi connectivity index (χ2v) is 7.24. The molecule has 28 heavy (non-hydrogen) atoms. The summed E-state index contributed by atoms with van der Waals surface area (Å²) in [5, 5.41) is 10.7. The van der Waals surface area contributed by atoms with Gasteiger partial charge in [0.05, 0.1) is 11.4 Å². The number of anilines is 1. The molecule has 1 aliphatic heterocycles. The molecule has 1 atom stereocenters. The molecule has 6 nitrogen and oxygen atoms in total. The van der Waals surface area contributed by atoms with Gasteiger partial charge >= 0.3 is 0 Å². The number of hydrogen-bond donors (Lipinski definition) is 2. The summed E-state index contributed by atoms with van der Waals surface area (Å²) in [5.41, 5.74) is 1.34. The van der Waals surface area contributed by atoms with Crippen LogP contribution in [0.1, 0.15) is 44.6 Å². The first-order chi connectivity index (χ1) is 13.5. The third-order valence-electron chi connectivity index (χ3n) is 4.69. The van der Waals surface area contributed by atoms with Crippen LogP contribution in [0.3, 0.4) is 0 Å². The zero-order chi connectivity index (χ0) is 20.1. The smallest absolute Gasteiger partial charge is 0.191 e. The molecule has 0 amide bonds. The molecule has 152 valence electrons. The number of nitrogens with one attached hydrogen (secondary N) is 2. The van der Waals surface area contributed by atoms with E-state index in [0.717, 1.165) is 24.7 Å². The Morgan fingerprint density at radius 1 is 1.36 bits per heavy atom. The zero-order valence-electron chi connectivity index (χ0n) is 16.5. The van der Waals surface area contributed by atoms with Crippen molar-refractivity contribution in [1.29, 1.82) is 0 Å². The Morgan fingerprint density at radius 3 is 2.86 bits per heavy atom. The first-order valence-electron chi connectivity index (χ1n) is 9.66. The van der Waals surface area contributed by atoms with Crippen LogP contribution in [-0.2, 0) is 6.54 Å². The highest BCUT2D eigenvalue weighted by atomic mass is 19.1. The fourth-order valence-corrected chi connectivity index (χ4v) is 3.18. The molecule has 1 fully saturated rings. The van der Waals surface area contributed by atoms with Crippen molar-refractivity contribution < 1.29 is 13.3 Å². The van der Waals surface area contributed by atoms with Crippen molar-refractivity contribution >= 4 is 11.6 Å². The Balaban J connectivity index is 1.60. The molecule has 0 aliphatic carbocycles. The molecule has 0 saturated carbocycles. The summed E-state index contributed by atoms with van der Waals surface area (Å²) in [6.45, 7) is 8.54. The van der Waals surface area contributed by atoms with E-state index in [4.69, 9.17) is 4.52 Å². The van der Waals surface area contributed by atoms with Gasteiger partial charge in [0.25, 0.3) is 0 Å². The summed E-state index contributed by atoms with van der Waals surface area (Å²) in [4.78, 5) is 6.48. The molecule has 2 N–H and O–H groups in total. The molecular formula is C20H27F2N5O. The highest BCUT2D eigenvalue weighted by molar-refractivity contribution is 5.80. The van der Waals surface area contributed by atoms with Gasteiger partial charge in [-0.25, -0.2) is 13.8 Å². The maximum Gasteiger partial charge on any atom is 0.191 e. The molecule has 0 bridgehead atoms. The summed E-state index contributed by atoms with van der Waals surface area (Å²) in [7, 11) is 0. The molecule has 1 unspecified atom stereocenters. The molecule has 2 aromatic rings. The van der Waals surface area contributed by atoms with Crippen molar-refractivity contribution in [3.8, 4) is 0 Å². The molecule has 8 heteroatoms. The average molecular weight is 391 g/mol. The van der Waals surface area contributed by atoms with Crippen LogP contribution in [0, 0.1) is 11.6 Å². The second-order valence-electron chi connectivity index (χ2n) is 7.24. The highest BCUT2D eigenvalue weighted by Crippen LogP contribution is 2.24. The molecule has 0 spiro atoms. The maximum atomic E-state index is 14.0. The summed E-state index contributed by atoms with van der Waals surface area (Å²) in [5.74, 6) is 0.597. The molecule has 1 aliphatic rings. The lowest BCUT2D eigenvalue weighted by Gasteiger charge is -2.20. The van der Waals surface area contributed by atoms with Crippen LogP contribution < -0.4 is 15.5 Å². The van der Waals surface area contributed by atoms with Crippen molar-refractivity contribution in [1.82, 2.24) is 15.8 Å². The third-order valence-corrected chi connectivity index (χ3v) is 4.69. The average Bonchev–Trinajstić information content (AvgIpc) is 3.29. The van der Waals surface area contributed by atoms with E-state index in [1.807, 2.05) is 17.9 Å². The number of nitrogens with zero attached hydrogens (tertiary/aromatic N) is 3. The van der Waals surface area contributed by atoms with Gasteiger partial charge in [-0.3, -0.25) is 0 Å². The van der Waals surface area contributed by atoms with Gasteiger partial charge in [0.2, 0.25) is 0 Å². The number of benzene rings is 1. The van der Waals surface area contributed by atoms with E-state index >= 15 is 0 Å². The molecule has 1 aromatic carbocycles. The van der Waals surface area contributed by atoms with Crippen molar-refractivity contribution in [2.24, 2.45) is 4.99 Å². The molecule has 1 aromatic heterocycles. The van der Waals surface area contributed by atoms with Crippen LogP contribution >= 0.6 is 0 Å². The normalized spacial score (nSPS) is 17.4. The monoisotopic (exact) mass is 391 g/mol. The first-order valence-corrected chi connectivity index (χ1v) is 9.66. The van der Waals surface area contributed by atoms with Gasteiger partial charge in [-0.05, 0) is 31.4 Å². The number of guanidine groups is 1. The van der Waals surface area contributed by atoms with E-state index < -0.39 is 11.6 Å². The van der Waals surface area contributed by atoms with E-state index in [9.17, 15) is 8.78 Å². The number of rotatable bonds is 6. The lowest BCUT2D eigenvalue weighted by Crippen LogP contribution is -2.44. The summed E-state index contributed by atoms with van der Waals surface area (Å²) in [6.07, 6.45) is 0.834. The quantitative estimate of drug-likeness (QED) is 0.584. The van der Waals surface area contributed by atoms with Gasteiger partial charge in [-0.15, -0.1) is 0 Å². The number of aromatic nitrogens is 1. The Hall–Kier alpha value is -2.64. The van der Waals surface area contributed by atoms with Crippen LogP contribution in [-0.4, -0.2) is 36.8 Å². The predicted octanol–water partition coefficient (Wildman–Crippen LogP) is 3.41. The predicted molar refractivity (Wildman–Crippen MR) is 106 cm³/mol. The SMILES string of the molecule is CCNC(=NCc1cc(C(C)C)no1)NC1CCN(c2ccc(F)cc2F)C1. The van der Waals surface area contributed by atoms with E-state index in [0.29, 0.717) is 43.0 Å². The second kappa shape index (κ2) is 9.03. The van der Waals surface area contributed by atoms with Gasteiger partial charge in [0, 0.05) is 37.8 Å². The van der Waals surface area contributed by atoms with E-state index in [2.05, 4.69) is 34.6 Å². The summed E-state index contributed by atoms with van der Waals surface area (Å²) in [6, 6.07) is 5.73. The highest BCUT2D eigenvalue weighted by Gasteiger charge is 2.25. The van der Waals surface area contributed by atoms with Crippen molar-refractivity contribution in [3.63, 3.8) is 0 Å². The van der Waals surface area contributed by atoms with Crippen LogP contribution in [0.2, 0.25) is 0 Å². The maximum absolute atomic E-state index is 14.0. The van der Waals surface area contributed by atoms with Crippen molar-refractivity contribution in [3.05, 3.63) is 47.4 Å². The first kappa shape index (κ1) is 20.1. The standard InChI is InChI=1S/C20H27F2N5O/c1-4-23-20(24-11-16-10-18(13(2)3)26-28-16)25-15-7-8-27(12-15)19-6-5-14(21)9-17(19)22/h5-6,9-10,13,15H,4,7-8,11-12H2,1-3H3,(H2,23,24,25). The van der Waals surface area contributed by atoms with Gasteiger partial charge in [-0.2, -0.15) is 0 Å². The van der Waals surface area contributed by atoms with Crippen LogP contribution in [0.4, 0.5) is 14.5 Å². The topological polar surface area (TPSA) is 65.7 Å². The van der Waals surface area contributed by atoms with Crippen LogP contribution in [0.5, 0.6) is 0 Å². The van der Waals surface area contributed by atoms with E-state index in [-0.39, 0.29) is 6.04 Å². The van der Waals surface area contributed by atoms with Crippen LogP contribution in [0.15, 0.2) is 33.8 Å². The molecule has 2 heterocycles. The van der Waals surface area contributed by atoms with Gasteiger partial charge in [0.15, 0.2) is 11.7 Å². The van der Waals surface area contributed by atoms with E-state index in [1.165, 1.54) is 12.1 Å². The Bertz CT molecular complexity index is 821. The fraction of sp³-hybridized carbons (Fsp3) is 0.500. The minimum Gasteiger partial charge on any atom is -0.367 e. The number of aliphatic imine (C=N–C) groups is 1. The molecule has 3 rings (SSSR count). The Morgan fingerprint density at radius 2 is 2.18 bits per heavy atom. The van der Waals surface area contributed by atoms with Crippen molar-refractivity contribution in [2.75, 3.05) is 24.5 Å². The largest absolute Gasteiger partial charge is 0.367 e. The third kappa shape index (κ3) is 4.99. The van der Waals surface area contributed by atoms with Crippen LogP contribution in [0.25, 0.3) is 0 Å². The Kier molecular flexibility index (Phi) is 6.49. The molecule has 1 saturated heterocycles. The number of halogens is 2. The summed E-state index contributed by atoms with van der Waals surface area (Å²) >= 11 is 0.